The van der Waals surface area contributed by atoms with Gasteiger partial charge >= 0.3 is 5.97 Å². The molecule has 1 heterocycles. The third-order valence-corrected chi connectivity index (χ3v) is 6.70. The molecule has 1 aromatic heterocycles. The van der Waals surface area contributed by atoms with Crippen LogP contribution in [0.15, 0.2) is 42.9 Å². The highest BCUT2D eigenvalue weighted by molar-refractivity contribution is 7.98. The number of hydrogen-bond acceptors (Lipinski definition) is 8. The Kier molecular flexibility index (Phi) is 14.0. The number of carbonyl (C=O) groups excluding carboxylic acids is 3. The van der Waals surface area contributed by atoms with Crippen LogP contribution >= 0.6 is 11.8 Å². The lowest BCUT2D eigenvalue weighted by Gasteiger charge is -2.25. The molecule has 0 saturated carbocycles. The van der Waals surface area contributed by atoms with Crippen LogP contribution in [-0.4, -0.2) is 81.5 Å². The lowest BCUT2D eigenvalue weighted by atomic mass is 10.0. The second-order valence-corrected chi connectivity index (χ2v) is 10.2. The Morgan fingerprint density at radius 2 is 1.62 bits per heavy atom. The van der Waals surface area contributed by atoms with Crippen LogP contribution in [0.4, 0.5) is 0 Å². The molecule has 1 aromatic carbocycles. The molecule has 2 rings (SSSR count). The number of benzene rings is 1. The van der Waals surface area contributed by atoms with Crippen LogP contribution in [-0.2, 0) is 32.0 Å². The van der Waals surface area contributed by atoms with E-state index in [1.54, 1.807) is 0 Å². The Morgan fingerprint density at radius 1 is 0.949 bits per heavy atom. The summed E-state index contributed by atoms with van der Waals surface area (Å²) in [5, 5.41) is 17.5. The smallest absolute Gasteiger partial charge is 0.326 e. The van der Waals surface area contributed by atoms with Gasteiger partial charge in [-0.3, -0.25) is 14.4 Å². The lowest BCUT2D eigenvalue weighted by Crippen LogP contribution is -2.58. The van der Waals surface area contributed by atoms with E-state index in [1.807, 2.05) is 36.6 Å². The molecule has 4 unspecified atom stereocenters. The molecule has 0 aliphatic heterocycles. The zero-order valence-corrected chi connectivity index (χ0v) is 22.9. The highest BCUT2D eigenvalue weighted by Gasteiger charge is 2.30. The maximum absolute atomic E-state index is 13.4. The number of aromatic amines is 1. The van der Waals surface area contributed by atoms with Crippen molar-refractivity contribution >= 4 is 35.5 Å². The average molecular weight is 562 g/mol. The zero-order valence-electron chi connectivity index (χ0n) is 22.1. The fourth-order valence-corrected chi connectivity index (χ4v) is 4.34. The van der Waals surface area contributed by atoms with Gasteiger partial charge in [-0.25, -0.2) is 9.78 Å². The molecular formula is C26H39N7O5S. The maximum atomic E-state index is 13.4. The Morgan fingerprint density at radius 3 is 2.23 bits per heavy atom. The van der Waals surface area contributed by atoms with E-state index in [0.717, 1.165) is 5.56 Å². The predicted molar refractivity (Wildman–Crippen MR) is 150 cm³/mol. The van der Waals surface area contributed by atoms with Crippen molar-refractivity contribution in [3.8, 4) is 0 Å². The maximum Gasteiger partial charge on any atom is 0.326 e. The fourth-order valence-electron chi connectivity index (χ4n) is 3.86. The van der Waals surface area contributed by atoms with Gasteiger partial charge in [0.2, 0.25) is 17.7 Å². The summed E-state index contributed by atoms with van der Waals surface area (Å²) in [6, 6.07) is 5.23. The quantitative estimate of drug-likeness (QED) is 0.122. The van der Waals surface area contributed by atoms with Crippen molar-refractivity contribution < 1.29 is 24.3 Å². The number of thioether (sulfide) groups is 1. The number of carboxylic acid groups (broad SMARTS) is 1. The number of carboxylic acids is 1. The largest absolute Gasteiger partial charge is 0.480 e. The number of carbonyl (C=O) groups is 4. The first-order valence-electron chi connectivity index (χ1n) is 12.8. The van der Waals surface area contributed by atoms with Crippen LogP contribution in [0.2, 0.25) is 0 Å². The molecule has 0 bridgehead atoms. The van der Waals surface area contributed by atoms with Crippen molar-refractivity contribution in [2.24, 2.45) is 11.5 Å². The molecule has 13 heteroatoms. The number of aromatic nitrogens is 2. The minimum atomic E-state index is -1.16. The van der Waals surface area contributed by atoms with Crippen LogP contribution in [0.5, 0.6) is 0 Å². The highest BCUT2D eigenvalue weighted by Crippen LogP contribution is 2.08. The first-order chi connectivity index (χ1) is 18.7. The minimum absolute atomic E-state index is 0.0866. The number of rotatable bonds is 18. The molecule has 0 spiro atoms. The summed E-state index contributed by atoms with van der Waals surface area (Å²) in [5.74, 6) is -2.34. The molecule has 214 valence electrons. The second kappa shape index (κ2) is 17.2. The van der Waals surface area contributed by atoms with Crippen LogP contribution in [0.1, 0.15) is 36.9 Å². The van der Waals surface area contributed by atoms with Crippen molar-refractivity contribution in [1.82, 2.24) is 25.9 Å². The SMILES string of the molecule is CSCCC(NC(=O)C(Cc1cnc[nH]1)NC(=O)C(N)Cc1ccccc1)C(=O)NC(CCCCN)C(=O)O. The molecule has 12 nitrogen and oxygen atoms in total. The fraction of sp³-hybridized carbons (Fsp3) is 0.500. The minimum Gasteiger partial charge on any atom is -0.480 e. The Hall–Kier alpha value is -3.42. The Balaban J connectivity index is 2.13. The standard InChI is InChI=1S/C26H39N7O5S/c1-39-12-10-20(24(35)32-21(26(37)38)9-5-6-11-27)31-25(36)22(14-18-15-29-16-30-18)33-23(34)19(28)13-17-7-3-2-4-8-17/h2-4,7-8,15-16,19-22H,5-6,9-14,27-28H2,1H3,(H,29,30)(H,31,36)(H,32,35)(H,33,34)(H,37,38). The molecule has 0 radical (unpaired) electrons. The van der Waals surface area contributed by atoms with Gasteiger partial charge in [-0.05, 0) is 56.2 Å². The molecule has 0 fully saturated rings. The van der Waals surface area contributed by atoms with Crippen LogP contribution in [0, 0.1) is 0 Å². The van der Waals surface area contributed by atoms with Crippen LogP contribution in [0.25, 0.3) is 0 Å². The second-order valence-electron chi connectivity index (χ2n) is 9.16. The lowest BCUT2D eigenvalue weighted by molar-refractivity contribution is -0.142. The summed E-state index contributed by atoms with van der Waals surface area (Å²) in [7, 11) is 0. The monoisotopic (exact) mass is 561 g/mol. The molecule has 0 aliphatic rings. The Bertz CT molecular complexity index is 1040. The van der Waals surface area contributed by atoms with E-state index in [-0.39, 0.29) is 25.7 Å². The number of imidazole rings is 1. The first-order valence-corrected chi connectivity index (χ1v) is 14.2. The zero-order chi connectivity index (χ0) is 28.6. The number of H-pyrrole nitrogens is 1. The molecular weight excluding hydrogens is 522 g/mol. The Labute approximate surface area is 232 Å². The van der Waals surface area contributed by atoms with Crippen molar-refractivity contribution in [1.29, 1.82) is 0 Å². The van der Waals surface area contributed by atoms with Crippen molar-refractivity contribution in [2.75, 3.05) is 18.6 Å². The van der Waals surface area contributed by atoms with Gasteiger partial charge in [0.15, 0.2) is 0 Å². The van der Waals surface area contributed by atoms with E-state index in [1.165, 1.54) is 24.3 Å². The van der Waals surface area contributed by atoms with Gasteiger partial charge in [-0.2, -0.15) is 11.8 Å². The predicted octanol–water partition coefficient (Wildman–Crippen LogP) is -0.0567. The molecule has 9 N–H and O–H groups in total. The van der Waals surface area contributed by atoms with E-state index in [2.05, 4.69) is 25.9 Å². The summed E-state index contributed by atoms with van der Waals surface area (Å²) >= 11 is 1.48. The van der Waals surface area contributed by atoms with Gasteiger partial charge < -0.3 is 37.5 Å². The van der Waals surface area contributed by atoms with Crippen molar-refractivity contribution in [3.05, 3.63) is 54.1 Å². The molecule has 2 aromatic rings. The van der Waals surface area contributed by atoms with E-state index in [4.69, 9.17) is 11.5 Å². The number of nitrogens with zero attached hydrogens (tertiary/aromatic N) is 1. The topological polar surface area (TPSA) is 205 Å². The van der Waals surface area contributed by atoms with Crippen molar-refractivity contribution in [3.63, 3.8) is 0 Å². The van der Waals surface area contributed by atoms with Crippen molar-refractivity contribution in [2.45, 2.75) is 62.7 Å². The van der Waals surface area contributed by atoms with Gasteiger partial charge in [0, 0.05) is 18.3 Å². The van der Waals surface area contributed by atoms with Gasteiger partial charge in [-0.15, -0.1) is 0 Å². The first kappa shape index (κ1) is 31.8. The van der Waals surface area contributed by atoms with Gasteiger partial charge in [0.1, 0.15) is 18.1 Å². The summed E-state index contributed by atoms with van der Waals surface area (Å²) in [6.45, 7) is 0.422. The third-order valence-electron chi connectivity index (χ3n) is 6.05. The summed E-state index contributed by atoms with van der Waals surface area (Å²) in [5.41, 5.74) is 13.1. The average Bonchev–Trinajstić information content (AvgIpc) is 3.43. The third kappa shape index (κ3) is 11.5. The molecule has 0 aliphatic carbocycles. The van der Waals surface area contributed by atoms with E-state index in [0.29, 0.717) is 30.8 Å². The summed E-state index contributed by atoms with van der Waals surface area (Å²) in [4.78, 5) is 57.9. The number of aliphatic carboxylic acids is 1. The molecule has 3 amide bonds. The number of amides is 3. The molecule has 4 atom stereocenters. The van der Waals surface area contributed by atoms with Gasteiger partial charge in [-0.1, -0.05) is 30.3 Å². The summed E-state index contributed by atoms with van der Waals surface area (Å²) < 4.78 is 0. The normalized spacial score (nSPS) is 14.0. The van der Waals surface area contributed by atoms with Gasteiger partial charge in [0.25, 0.3) is 0 Å². The molecule has 39 heavy (non-hydrogen) atoms. The van der Waals surface area contributed by atoms with E-state index >= 15 is 0 Å². The highest BCUT2D eigenvalue weighted by atomic mass is 32.2. The van der Waals surface area contributed by atoms with Gasteiger partial charge in [0.05, 0.1) is 12.4 Å². The van der Waals surface area contributed by atoms with E-state index < -0.39 is 47.9 Å². The van der Waals surface area contributed by atoms with Crippen LogP contribution in [0.3, 0.4) is 0 Å². The summed E-state index contributed by atoms with van der Waals surface area (Å²) in [6.07, 6.45) is 6.88. The molecule has 0 saturated heterocycles. The van der Waals surface area contributed by atoms with E-state index in [9.17, 15) is 24.3 Å². The van der Waals surface area contributed by atoms with Crippen LogP contribution < -0.4 is 27.4 Å². The number of hydrogen-bond donors (Lipinski definition) is 7. The number of unbranched alkanes of at least 4 members (excludes halogenated alkanes) is 1. The number of nitrogens with one attached hydrogen (secondary N) is 4. The number of nitrogens with two attached hydrogens (primary N) is 2.